The summed E-state index contributed by atoms with van der Waals surface area (Å²) >= 11 is 5.46. The molecule has 22 heavy (non-hydrogen) atoms. The molecule has 0 aromatic carbocycles. The van der Waals surface area contributed by atoms with E-state index in [1.807, 2.05) is 4.90 Å². The number of methoxy groups -OCH3 is 1. The van der Waals surface area contributed by atoms with E-state index < -0.39 is 12.0 Å². The summed E-state index contributed by atoms with van der Waals surface area (Å²) in [7, 11) is 1.32. The molecule has 1 saturated carbocycles. The first-order valence-corrected chi connectivity index (χ1v) is 8.03. The molecule has 0 radical (unpaired) electrons. The summed E-state index contributed by atoms with van der Waals surface area (Å²) in [6.07, 6.45) is 5.82. The van der Waals surface area contributed by atoms with E-state index >= 15 is 0 Å². The number of carbonyl (C=O) groups excluding carboxylic acids is 2. The van der Waals surface area contributed by atoms with Gasteiger partial charge in [0, 0.05) is 12.6 Å². The Morgan fingerprint density at radius 2 is 2.27 bits per heavy atom. The van der Waals surface area contributed by atoms with Crippen molar-refractivity contribution in [2.24, 2.45) is 0 Å². The number of hydrogen-bond donors (Lipinski definition) is 2. The molecule has 122 valence electrons. The highest BCUT2D eigenvalue weighted by atomic mass is 32.1. The minimum absolute atomic E-state index is 0.00145. The Labute approximate surface area is 136 Å². The van der Waals surface area contributed by atoms with E-state index in [1.54, 1.807) is 6.08 Å². The first-order valence-electron chi connectivity index (χ1n) is 7.62. The van der Waals surface area contributed by atoms with Gasteiger partial charge in [0.2, 0.25) is 5.91 Å². The lowest BCUT2D eigenvalue weighted by atomic mass is 9.85. The van der Waals surface area contributed by atoms with Gasteiger partial charge in [-0.25, -0.2) is 0 Å². The number of amides is 1. The maximum Gasteiger partial charge on any atom is 0.308 e. The van der Waals surface area contributed by atoms with Crippen molar-refractivity contribution in [2.45, 2.75) is 50.2 Å². The highest BCUT2D eigenvalue weighted by molar-refractivity contribution is 7.80. The van der Waals surface area contributed by atoms with Crippen molar-refractivity contribution in [2.75, 3.05) is 13.7 Å². The maximum atomic E-state index is 12.4. The Kier molecular flexibility index (Phi) is 5.76. The standard InChI is InChI=1S/C15H23N3O3S/c1-3-8-16-15(22)18-11-7-5-4-6-10(11)17-14(20)12(18)9-13(19)21-2/h3,10-12H,1,4-9H2,2H3,(H,16,22)(H,17,20)/t10-,11+,12+/m0/s1. The monoisotopic (exact) mass is 325 g/mol. The molecule has 2 aliphatic rings. The van der Waals surface area contributed by atoms with Crippen molar-refractivity contribution < 1.29 is 14.3 Å². The zero-order chi connectivity index (χ0) is 16.1. The van der Waals surface area contributed by atoms with Crippen LogP contribution in [-0.2, 0) is 14.3 Å². The van der Waals surface area contributed by atoms with Crippen LogP contribution in [0, 0.1) is 0 Å². The lowest BCUT2D eigenvalue weighted by Crippen LogP contribution is -2.69. The summed E-state index contributed by atoms with van der Waals surface area (Å²) in [5.74, 6) is -0.567. The van der Waals surface area contributed by atoms with E-state index in [9.17, 15) is 9.59 Å². The number of nitrogens with zero attached hydrogens (tertiary/aromatic N) is 1. The van der Waals surface area contributed by atoms with Gasteiger partial charge in [-0.1, -0.05) is 18.9 Å². The second-order valence-electron chi connectivity index (χ2n) is 5.64. The molecule has 0 aromatic rings. The summed E-state index contributed by atoms with van der Waals surface area (Å²) in [6.45, 7) is 4.19. The third-order valence-corrected chi connectivity index (χ3v) is 4.63. The van der Waals surface area contributed by atoms with Crippen LogP contribution >= 0.6 is 12.2 Å². The molecular formula is C15H23N3O3S. The van der Waals surface area contributed by atoms with E-state index in [4.69, 9.17) is 17.0 Å². The van der Waals surface area contributed by atoms with Crippen LogP contribution in [-0.4, -0.2) is 53.7 Å². The Morgan fingerprint density at radius 1 is 1.55 bits per heavy atom. The van der Waals surface area contributed by atoms with Crippen LogP contribution in [0.15, 0.2) is 12.7 Å². The van der Waals surface area contributed by atoms with Crippen molar-refractivity contribution in [1.29, 1.82) is 0 Å². The summed E-state index contributed by atoms with van der Waals surface area (Å²) in [4.78, 5) is 26.0. The van der Waals surface area contributed by atoms with E-state index in [0.717, 1.165) is 25.7 Å². The summed E-state index contributed by atoms with van der Waals surface area (Å²) in [5, 5.41) is 6.63. The number of nitrogens with one attached hydrogen (secondary N) is 2. The molecule has 7 heteroatoms. The molecule has 0 aromatic heterocycles. The van der Waals surface area contributed by atoms with Gasteiger partial charge < -0.3 is 20.3 Å². The average molecular weight is 325 g/mol. The van der Waals surface area contributed by atoms with Gasteiger partial charge >= 0.3 is 5.97 Å². The summed E-state index contributed by atoms with van der Waals surface area (Å²) in [5.41, 5.74) is 0. The van der Waals surface area contributed by atoms with Gasteiger partial charge in [0.1, 0.15) is 6.04 Å². The second kappa shape index (κ2) is 7.58. The zero-order valence-electron chi connectivity index (χ0n) is 12.8. The Morgan fingerprint density at radius 3 is 2.95 bits per heavy atom. The average Bonchev–Trinajstić information content (AvgIpc) is 2.53. The molecule has 0 bridgehead atoms. The molecular weight excluding hydrogens is 302 g/mol. The number of esters is 1. The molecule has 0 spiro atoms. The molecule has 3 atom stereocenters. The summed E-state index contributed by atoms with van der Waals surface area (Å²) in [6, 6.07) is -0.388. The Balaban J connectivity index is 2.22. The SMILES string of the molecule is C=CCNC(=S)N1[C@H](CC(=O)OC)C(=O)N[C@H]2CCCC[C@H]21. The minimum atomic E-state index is -0.614. The fourth-order valence-electron chi connectivity index (χ4n) is 3.22. The van der Waals surface area contributed by atoms with Gasteiger partial charge in [-0.3, -0.25) is 9.59 Å². The predicted octanol–water partition coefficient (Wildman–Crippen LogP) is 0.722. The lowest BCUT2D eigenvalue weighted by Gasteiger charge is -2.49. The largest absolute Gasteiger partial charge is 0.469 e. The maximum absolute atomic E-state index is 12.4. The third-order valence-electron chi connectivity index (χ3n) is 4.27. The number of piperazine rings is 1. The molecule has 1 saturated heterocycles. The Bertz CT molecular complexity index is 469. The topological polar surface area (TPSA) is 70.7 Å². The fourth-order valence-corrected chi connectivity index (χ4v) is 3.57. The number of fused-ring (bicyclic) bond motifs is 1. The quantitative estimate of drug-likeness (QED) is 0.451. The first kappa shape index (κ1) is 16.7. The van der Waals surface area contributed by atoms with E-state index in [0.29, 0.717) is 11.7 Å². The van der Waals surface area contributed by atoms with Crippen molar-refractivity contribution in [3.8, 4) is 0 Å². The molecule has 2 fully saturated rings. The van der Waals surface area contributed by atoms with Crippen LogP contribution in [0.3, 0.4) is 0 Å². The van der Waals surface area contributed by atoms with Crippen LogP contribution in [0.4, 0.5) is 0 Å². The van der Waals surface area contributed by atoms with Gasteiger partial charge in [0.05, 0.1) is 19.6 Å². The van der Waals surface area contributed by atoms with Gasteiger partial charge in [-0.05, 0) is 25.1 Å². The van der Waals surface area contributed by atoms with Crippen LogP contribution in [0.1, 0.15) is 32.1 Å². The van der Waals surface area contributed by atoms with Crippen LogP contribution in [0.25, 0.3) is 0 Å². The van der Waals surface area contributed by atoms with Crippen molar-refractivity contribution in [3.05, 3.63) is 12.7 Å². The number of rotatable bonds is 4. The molecule has 6 nitrogen and oxygen atoms in total. The smallest absolute Gasteiger partial charge is 0.308 e. The van der Waals surface area contributed by atoms with E-state index in [-0.39, 0.29) is 24.4 Å². The lowest BCUT2D eigenvalue weighted by molar-refractivity contribution is -0.146. The van der Waals surface area contributed by atoms with Crippen LogP contribution in [0.2, 0.25) is 0 Å². The molecule has 0 unspecified atom stereocenters. The van der Waals surface area contributed by atoms with Gasteiger partial charge in [0.15, 0.2) is 5.11 Å². The van der Waals surface area contributed by atoms with E-state index in [1.165, 1.54) is 7.11 Å². The Hall–Kier alpha value is -1.63. The van der Waals surface area contributed by atoms with Gasteiger partial charge in [-0.2, -0.15) is 0 Å². The van der Waals surface area contributed by atoms with Crippen molar-refractivity contribution >= 4 is 29.2 Å². The molecule has 1 aliphatic carbocycles. The molecule has 2 rings (SSSR count). The molecule has 1 amide bonds. The zero-order valence-corrected chi connectivity index (χ0v) is 13.7. The first-order chi connectivity index (χ1) is 10.6. The van der Waals surface area contributed by atoms with Crippen LogP contribution in [0.5, 0.6) is 0 Å². The molecule has 2 N–H and O–H groups in total. The highest BCUT2D eigenvalue weighted by Crippen LogP contribution is 2.29. The van der Waals surface area contributed by atoms with E-state index in [2.05, 4.69) is 17.2 Å². The number of hydrogen-bond acceptors (Lipinski definition) is 4. The predicted molar refractivity (Wildman–Crippen MR) is 87.2 cm³/mol. The van der Waals surface area contributed by atoms with Gasteiger partial charge in [0.25, 0.3) is 0 Å². The number of carbonyl (C=O) groups is 2. The minimum Gasteiger partial charge on any atom is -0.469 e. The van der Waals surface area contributed by atoms with Crippen molar-refractivity contribution in [3.63, 3.8) is 0 Å². The number of thiocarbonyl (C=S) groups is 1. The fraction of sp³-hybridized carbons (Fsp3) is 0.667. The summed E-state index contributed by atoms with van der Waals surface area (Å²) < 4.78 is 4.72. The molecule has 1 aliphatic heterocycles. The molecule has 1 heterocycles. The van der Waals surface area contributed by atoms with Gasteiger partial charge in [-0.15, -0.1) is 6.58 Å². The van der Waals surface area contributed by atoms with Crippen LogP contribution < -0.4 is 10.6 Å². The normalized spacial score (nSPS) is 27.4. The second-order valence-corrected chi connectivity index (χ2v) is 6.03. The third kappa shape index (κ3) is 3.58. The highest BCUT2D eigenvalue weighted by Gasteiger charge is 2.44. The van der Waals surface area contributed by atoms with Crippen molar-refractivity contribution in [1.82, 2.24) is 15.5 Å². The number of ether oxygens (including phenoxy) is 1.